The molecule has 37 heavy (non-hydrogen) atoms. The van der Waals surface area contributed by atoms with Crippen molar-refractivity contribution in [3.8, 4) is 5.75 Å². The lowest BCUT2D eigenvalue weighted by atomic mass is 10.1. The molecule has 0 fully saturated rings. The molecule has 1 amide bonds. The Morgan fingerprint density at radius 3 is 1.95 bits per heavy atom. The van der Waals surface area contributed by atoms with Crippen LogP contribution in [0.15, 0.2) is 48.5 Å². The van der Waals surface area contributed by atoms with Gasteiger partial charge in [0, 0.05) is 30.3 Å². The van der Waals surface area contributed by atoms with Crippen LogP contribution in [-0.4, -0.2) is 60.6 Å². The third-order valence-electron chi connectivity index (χ3n) is 4.24. The van der Waals surface area contributed by atoms with Gasteiger partial charge in [0.25, 0.3) is 0 Å². The summed E-state index contributed by atoms with van der Waals surface area (Å²) >= 11 is 0. The molecular formula is C25H39N5O7. The first-order valence-electron chi connectivity index (χ1n) is 11.3. The standard InChI is InChI=1S/C9H9NO2.C8H11NO.C6H14N2O2.C2H5NO2/c1-7(12)10-9-4-2-8(6-11)3-5-9;1-10-8-5-3-2-4-7(8)6-9;7-4-2-1-3-5(8)6(9)10;3-1-2(4)5/h2-6H,1H3,(H,10,12);2-5H,6,9H2,1H3;5H,1-4,7-8H2,(H,9,10);1,3H2,(H,4,5)/t;;5-;/m..0./s1. The van der Waals surface area contributed by atoms with Crippen molar-refractivity contribution in [2.75, 3.05) is 25.5 Å². The third kappa shape index (κ3) is 20.1. The summed E-state index contributed by atoms with van der Waals surface area (Å²) < 4.78 is 5.06. The number of methoxy groups -OCH3 is 1. The highest BCUT2D eigenvalue weighted by Crippen LogP contribution is 2.15. The minimum atomic E-state index is -0.968. The first kappa shape index (κ1) is 35.3. The Labute approximate surface area is 217 Å². The zero-order chi connectivity index (χ0) is 28.6. The van der Waals surface area contributed by atoms with E-state index in [4.69, 9.17) is 32.2 Å². The Balaban J connectivity index is 0. The van der Waals surface area contributed by atoms with Gasteiger partial charge in [-0.1, -0.05) is 24.6 Å². The predicted octanol–water partition coefficient (Wildman–Crippen LogP) is 1.17. The van der Waals surface area contributed by atoms with Gasteiger partial charge in [-0.3, -0.25) is 19.2 Å². The fourth-order valence-corrected chi connectivity index (χ4v) is 2.35. The molecule has 0 heterocycles. The number of amides is 1. The second-order valence-electron chi connectivity index (χ2n) is 7.26. The summed E-state index contributed by atoms with van der Waals surface area (Å²) in [5.41, 5.74) is 22.8. The van der Waals surface area contributed by atoms with E-state index in [1.165, 1.54) is 6.92 Å². The number of carboxylic acid groups (broad SMARTS) is 2. The van der Waals surface area contributed by atoms with Crippen LogP contribution in [0, 0.1) is 0 Å². The Bertz CT molecular complexity index is 901. The molecule has 12 nitrogen and oxygen atoms in total. The monoisotopic (exact) mass is 521 g/mol. The largest absolute Gasteiger partial charge is 0.496 e. The maximum atomic E-state index is 10.6. The van der Waals surface area contributed by atoms with E-state index < -0.39 is 18.0 Å². The van der Waals surface area contributed by atoms with E-state index in [1.807, 2.05) is 24.3 Å². The third-order valence-corrected chi connectivity index (χ3v) is 4.24. The lowest BCUT2D eigenvalue weighted by molar-refractivity contribution is -0.139. The highest BCUT2D eigenvalue weighted by Gasteiger charge is 2.09. The molecule has 1 atom stereocenters. The van der Waals surface area contributed by atoms with E-state index in [0.29, 0.717) is 30.8 Å². The van der Waals surface area contributed by atoms with Gasteiger partial charge in [-0.2, -0.15) is 0 Å². The summed E-state index contributed by atoms with van der Waals surface area (Å²) in [6, 6.07) is 13.7. The van der Waals surface area contributed by atoms with Gasteiger partial charge in [0.1, 0.15) is 18.1 Å². The predicted molar refractivity (Wildman–Crippen MR) is 142 cm³/mol. The van der Waals surface area contributed by atoms with Gasteiger partial charge >= 0.3 is 11.9 Å². The van der Waals surface area contributed by atoms with Crippen LogP contribution in [0.5, 0.6) is 5.75 Å². The van der Waals surface area contributed by atoms with Crippen LogP contribution in [-0.2, 0) is 20.9 Å². The van der Waals surface area contributed by atoms with Crippen molar-refractivity contribution >= 4 is 29.8 Å². The van der Waals surface area contributed by atoms with Gasteiger partial charge in [0.2, 0.25) is 5.91 Å². The molecular weight excluding hydrogens is 482 g/mol. The van der Waals surface area contributed by atoms with E-state index >= 15 is 0 Å². The van der Waals surface area contributed by atoms with Crippen molar-refractivity contribution < 1.29 is 34.1 Å². The number of aliphatic carboxylic acids is 2. The molecule has 0 saturated carbocycles. The number of carbonyl (C=O) groups excluding carboxylic acids is 2. The van der Waals surface area contributed by atoms with Crippen molar-refractivity contribution in [3.63, 3.8) is 0 Å². The van der Waals surface area contributed by atoms with Gasteiger partial charge < -0.3 is 43.2 Å². The Hall–Kier alpha value is -3.84. The summed E-state index contributed by atoms with van der Waals surface area (Å²) in [4.78, 5) is 40.2. The zero-order valence-electron chi connectivity index (χ0n) is 21.3. The molecule has 0 spiro atoms. The zero-order valence-corrected chi connectivity index (χ0v) is 21.3. The number of ether oxygens (including phenoxy) is 1. The molecule has 2 rings (SSSR count). The smallest absolute Gasteiger partial charge is 0.320 e. The van der Waals surface area contributed by atoms with Crippen molar-refractivity contribution in [1.82, 2.24) is 0 Å². The summed E-state index contributed by atoms with van der Waals surface area (Å²) in [6.45, 7) is 2.30. The lowest BCUT2D eigenvalue weighted by Crippen LogP contribution is -2.29. The number of anilines is 1. The number of nitrogens with one attached hydrogen (secondary N) is 1. The number of rotatable bonds is 10. The normalized spacial score (nSPS) is 10.0. The molecule has 0 radical (unpaired) electrons. The first-order valence-corrected chi connectivity index (χ1v) is 11.3. The second kappa shape index (κ2) is 22.6. The summed E-state index contributed by atoms with van der Waals surface area (Å²) in [5, 5.41) is 18.5. The minimum absolute atomic E-state index is 0.117. The molecule has 0 aromatic heterocycles. The molecule has 0 aliphatic heterocycles. The molecule has 0 aliphatic carbocycles. The average molecular weight is 522 g/mol. The van der Waals surface area contributed by atoms with E-state index in [9.17, 15) is 19.2 Å². The highest BCUT2D eigenvalue weighted by molar-refractivity contribution is 5.89. The average Bonchev–Trinajstić information content (AvgIpc) is 2.89. The highest BCUT2D eigenvalue weighted by atomic mass is 16.5. The van der Waals surface area contributed by atoms with Gasteiger partial charge in [-0.05, 0) is 49.7 Å². The summed E-state index contributed by atoms with van der Waals surface area (Å²) in [5.74, 6) is -1.15. The van der Waals surface area contributed by atoms with Crippen LogP contribution < -0.4 is 33.0 Å². The van der Waals surface area contributed by atoms with Crippen LogP contribution >= 0.6 is 0 Å². The molecule has 0 saturated heterocycles. The number of para-hydroxylation sites is 1. The number of hydrogen-bond donors (Lipinski definition) is 7. The van der Waals surface area contributed by atoms with Crippen molar-refractivity contribution in [2.45, 2.75) is 38.8 Å². The fraction of sp³-hybridized carbons (Fsp3) is 0.360. The SMILES string of the molecule is CC(=O)Nc1ccc(C=O)cc1.COc1ccccc1CN.NCC(=O)O.NCCCC[C@H](N)C(=O)O. The van der Waals surface area contributed by atoms with Gasteiger partial charge in [0.15, 0.2) is 0 Å². The van der Waals surface area contributed by atoms with Crippen LogP contribution in [0.3, 0.4) is 0 Å². The van der Waals surface area contributed by atoms with Crippen LogP contribution in [0.1, 0.15) is 42.1 Å². The number of hydrogen-bond acceptors (Lipinski definition) is 9. The van der Waals surface area contributed by atoms with Crippen molar-refractivity contribution in [2.24, 2.45) is 22.9 Å². The molecule has 0 bridgehead atoms. The minimum Gasteiger partial charge on any atom is -0.496 e. The molecule has 11 N–H and O–H groups in total. The lowest BCUT2D eigenvalue weighted by Gasteiger charge is -2.03. The number of carbonyl (C=O) groups is 4. The van der Waals surface area contributed by atoms with Crippen molar-refractivity contribution in [1.29, 1.82) is 0 Å². The summed E-state index contributed by atoms with van der Waals surface area (Å²) in [7, 11) is 1.65. The number of benzene rings is 2. The quantitative estimate of drug-likeness (QED) is 0.173. The van der Waals surface area contributed by atoms with Crippen LogP contribution in [0.25, 0.3) is 0 Å². The van der Waals surface area contributed by atoms with Gasteiger partial charge in [0.05, 0.1) is 13.7 Å². The Kier molecular flexibility index (Phi) is 21.6. The van der Waals surface area contributed by atoms with E-state index in [-0.39, 0.29) is 12.5 Å². The number of nitrogens with two attached hydrogens (primary N) is 4. The maximum Gasteiger partial charge on any atom is 0.320 e. The topological polar surface area (TPSA) is 234 Å². The second-order valence-corrected chi connectivity index (χ2v) is 7.26. The van der Waals surface area contributed by atoms with Crippen LogP contribution in [0.4, 0.5) is 5.69 Å². The summed E-state index contributed by atoms with van der Waals surface area (Å²) in [6.07, 6.45) is 2.93. The number of unbranched alkanes of at least 4 members (excludes halogenated alkanes) is 1. The number of aldehydes is 1. The van der Waals surface area contributed by atoms with E-state index in [2.05, 4.69) is 11.1 Å². The Morgan fingerprint density at radius 1 is 1.00 bits per heavy atom. The van der Waals surface area contributed by atoms with E-state index in [0.717, 1.165) is 30.4 Å². The molecule has 0 aliphatic rings. The van der Waals surface area contributed by atoms with Gasteiger partial charge in [-0.15, -0.1) is 0 Å². The molecule has 206 valence electrons. The Morgan fingerprint density at radius 2 is 1.57 bits per heavy atom. The van der Waals surface area contributed by atoms with Crippen LogP contribution in [0.2, 0.25) is 0 Å². The molecule has 12 heteroatoms. The van der Waals surface area contributed by atoms with Crippen molar-refractivity contribution in [3.05, 3.63) is 59.7 Å². The fourth-order valence-electron chi connectivity index (χ4n) is 2.35. The number of carboxylic acids is 2. The van der Waals surface area contributed by atoms with Gasteiger partial charge in [-0.25, -0.2) is 0 Å². The molecule has 0 unspecified atom stereocenters. The maximum absolute atomic E-state index is 10.6. The van der Waals surface area contributed by atoms with E-state index in [1.54, 1.807) is 31.4 Å². The molecule has 2 aromatic rings. The first-order chi connectivity index (χ1) is 17.6. The molecule has 2 aromatic carbocycles.